The molecule has 100 valence electrons. The lowest BCUT2D eigenvalue weighted by atomic mass is 9.97. The van der Waals surface area contributed by atoms with Crippen molar-refractivity contribution in [1.82, 2.24) is 25.0 Å². The fraction of sp³-hybridized carbons (Fsp3) is 0.545. The Bertz CT molecular complexity index is 590. The summed E-state index contributed by atoms with van der Waals surface area (Å²) in [7, 11) is 1.43. The van der Waals surface area contributed by atoms with Gasteiger partial charge in [-0.25, -0.2) is 4.98 Å². The van der Waals surface area contributed by atoms with Crippen LogP contribution in [0.4, 0.5) is 5.82 Å². The Morgan fingerprint density at radius 3 is 2.95 bits per heavy atom. The molecule has 0 aliphatic carbocycles. The molecule has 19 heavy (non-hydrogen) atoms. The molecule has 0 unspecified atom stereocenters. The fourth-order valence-corrected chi connectivity index (χ4v) is 2.38. The van der Waals surface area contributed by atoms with Crippen molar-refractivity contribution in [2.75, 3.05) is 25.1 Å². The second kappa shape index (κ2) is 4.79. The van der Waals surface area contributed by atoms with E-state index in [1.807, 2.05) is 0 Å². The Labute approximate surface area is 109 Å². The van der Waals surface area contributed by atoms with Gasteiger partial charge in [0.15, 0.2) is 5.82 Å². The summed E-state index contributed by atoms with van der Waals surface area (Å²) in [6, 6.07) is 0. The Morgan fingerprint density at radius 1 is 1.42 bits per heavy atom. The minimum absolute atomic E-state index is 0.0167. The van der Waals surface area contributed by atoms with E-state index in [1.54, 1.807) is 16.9 Å². The molecule has 0 spiro atoms. The maximum Gasteiger partial charge on any atom is 0.308 e. The van der Waals surface area contributed by atoms with Gasteiger partial charge in [0.25, 0.3) is 0 Å². The number of fused-ring (bicyclic) bond motifs is 1. The van der Waals surface area contributed by atoms with E-state index in [2.05, 4.69) is 25.4 Å². The average molecular weight is 262 g/mol. The van der Waals surface area contributed by atoms with E-state index in [4.69, 9.17) is 4.74 Å². The zero-order chi connectivity index (χ0) is 13.2. The maximum absolute atomic E-state index is 11.5. The van der Waals surface area contributed by atoms with Crippen LogP contribution in [0.5, 0.6) is 0 Å². The summed E-state index contributed by atoms with van der Waals surface area (Å²) in [4.78, 5) is 17.9. The number of carbonyl (C=O) groups excluding carboxylic acids is 1. The number of ether oxygens (including phenoxy) is 1. The quantitative estimate of drug-likeness (QED) is 0.699. The number of nitrogens with zero attached hydrogens (tertiary/aromatic N) is 6. The van der Waals surface area contributed by atoms with Crippen molar-refractivity contribution in [2.45, 2.75) is 12.8 Å². The number of hydrogen-bond acceptors (Lipinski definition) is 7. The maximum atomic E-state index is 11.5. The van der Waals surface area contributed by atoms with Crippen molar-refractivity contribution in [3.8, 4) is 0 Å². The van der Waals surface area contributed by atoms with Crippen LogP contribution < -0.4 is 4.90 Å². The van der Waals surface area contributed by atoms with E-state index in [1.165, 1.54) is 7.11 Å². The Hall–Kier alpha value is -2.25. The van der Waals surface area contributed by atoms with Crippen molar-refractivity contribution in [1.29, 1.82) is 0 Å². The van der Waals surface area contributed by atoms with E-state index in [0.29, 0.717) is 5.65 Å². The van der Waals surface area contributed by atoms with Crippen LogP contribution in [0, 0.1) is 5.92 Å². The number of aromatic nitrogens is 5. The van der Waals surface area contributed by atoms with E-state index < -0.39 is 0 Å². The number of esters is 1. The highest BCUT2D eigenvalue weighted by atomic mass is 16.5. The average Bonchev–Trinajstić information content (AvgIpc) is 2.95. The molecule has 0 aromatic carbocycles. The first-order valence-corrected chi connectivity index (χ1v) is 6.15. The van der Waals surface area contributed by atoms with Crippen LogP contribution >= 0.6 is 0 Å². The zero-order valence-electron chi connectivity index (χ0n) is 10.6. The molecular weight excluding hydrogens is 248 g/mol. The van der Waals surface area contributed by atoms with Crippen molar-refractivity contribution in [3.05, 3.63) is 12.4 Å². The van der Waals surface area contributed by atoms with Gasteiger partial charge in [0, 0.05) is 19.3 Å². The normalized spacial score (nSPS) is 16.8. The highest BCUT2D eigenvalue weighted by Gasteiger charge is 2.27. The van der Waals surface area contributed by atoms with Crippen LogP contribution in [-0.4, -0.2) is 51.2 Å². The molecule has 8 nitrogen and oxygen atoms in total. The third-order valence-corrected chi connectivity index (χ3v) is 3.43. The lowest BCUT2D eigenvalue weighted by Gasteiger charge is -2.31. The monoisotopic (exact) mass is 262 g/mol. The molecule has 8 heteroatoms. The molecule has 0 radical (unpaired) electrons. The Morgan fingerprint density at radius 2 is 2.21 bits per heavy atom. The van der Waals surface area contributed by atoms with Gasteiger partial charge < -0.3 is 9.64 Å². The SMILES string of the molecule is COC(=O)C1CCN(c2nccn3nnnc23)CC1. The predicted molar refractivity (Wildman–Crippen MR) is 65.5 cm³/mol. The molecular formula is C11H14N6O2. The smallest absolute Gasteiger partial charge is 0.308 e. The van der Waals surface area contributed by atoms with E-state index in [-0.39, 0.29) is 11.9 Å². The minimum atomic E-state index is -0.130. The summed E-state index contributed by atoms with van der Waals surface area (Å²) < 4.78 is 6.37. The molecule has 1 aliphatic heterocycles. The Kier molecular flexibility index (Phi) is 2.98. The summed E-state index contributed by atoms with van der Waals surface area (Å²) in [5.41, 5.74) is 0.638. The Balaban J connectivity index is 1.78. The molecule has 1 aliphatic rings. The second-order valence-electron chi connectivity index (χ2n) is 4.48. The lowest BCUT2D eigenvalue weighted by molar-refractivity contribution is -0.146. The van der Waals surface area contributed by atoms with E-state index in [9.17, 15) is 4.79 Å². The molecule has 0 N–H and O–H groups in total. The van der Waals surface area contributed by atoms with Crippen LogP contribution in [0.15, 0.2) is 12.4 Å². The van der Waals surface area contributed by atoms with Crippen molar-refractivity contribution in [3.63, 3.8) is 0 Å². The standard InChI is InChI=1S/C11H14N6O2/c1-19-11(18)8-2-5-16(6-3-8)9-10-13-14-15-17(10)7-4-12-9/h4,7-8H,2-3,5-6H2,1H3. The van der Waals surface area contributed by atoms with Gasteiger partial charge in [-0.15, -0.1) is 5.10 Å². The molecule has 2 aromatic rings. The first-order valence-electron chi connectivity index (χ1n) is 6.15. The third kappa shape index (κ3) is 2.09. The van der Waals surface area contributed by atoms with Gasteiger partial charge in [-0.1, -0.05) is 0 Å². The molecule has 2 aromatic heterocycles. The van der Waals surface area contributed by atoms with Crippen LogP contribution in [0.2, 0.25) is 0 Å². The largest absolute Gasteiger partial charge is 0.469 e. The molecule has 0 amide bonds. The van der Waals surface area contributed by atoms with Crippen molar-refractivity contribution < 1.29 is 9.53 Å². The second-order valence-corrected chi connectivity index (χ2v) is 4.48. The number of tetrazole rings is 1. The van der Waals surface area contributed by atoms with Gasteiger partial charge in [0.05, 0.1) is 19.2 Å². The van der Waals surface area contributed by atoms with Gasteiger partial charge in [-0.3, -0.25) is 4.79 Å². The first kappa shape index (κ1) is 11.8. The molecule has 1 fully saturated rings. The molecule has 0 atom stereocenters. The molecule has 3 heterocycles. The summed E-state index contributed by atoms with van der Waals surface area (Å²) in [6.45, 7) is 1.50. The molecule has 1 saturated heterocycles. The minimum Gasteiger partial charge on any atom is -0.469 e. The number of anilines is 1. The topological polar surface area (TPSA) is 85.5 Å². The predicted octanol–water partition coefficient (Wildman–Crippen LogP) is -0.0913. The number of rotatable bonds is 2. The van der Waals surface area contributed by atoms with Crippen molar-refractivity contribution in [2.24, 2.45) is 5.92 Å². The number of methoxy groups -OCH3 is 1. The van der Waals surface area contributed by atoms with E-state index >= 15 is 0 Å². The van der Waals surface area contributed by atoms with Crippen LogP contribution in [-0.2, 0) is 9.53 Å². The fourth-order valence-electron chi connectivity index (χ4n) is 2.38. The van der Waals surface area contributed by atoms with Crippen LogP contribution in [0.3, 0.4) is 0 Å². The van der Waals surface area contributed by atoms with Gasteiger partial charge in [0.2, 0.25) is 5.65 Å². The van der Waals surface area contributed by atoms with Gasteiger partial charge in [0.1, 0.15) is 0 Å². The van der Waals surface area contributed by atoms with Gasteiger partial charge >= 0.3 is 5.97 Å². The third-order valence-electron chi connectivity index (χ3n) is 3.43. The first-order chi connectivity index (χ1) is 9.29. The van der Waals surface area contributed by atoms with Gasteiger partial charge in [-0.2, -0.15) is 4.52 Å². The summed E-state index contributed by atoms with van der Waals surface area (Å²) >= 11 is 0. The molecule has 0 saturated carbocycles. The highest BCUT2D eigenvalue weighted by Crippen LogP contribution is 2.24. The van der Waals surface area contributed by atoms with Crippen LogP contribution in [0.25, 0.3) is 5.65 Å². The van der Waals surface area contributed by atoms with Gasteiger partial charge in [-0.05, 0) is 23.3 Å². The molecule has 3 rings (SSSR count). The van der Waals surface area contributed by atoms with Crippen molar-refractivity contribution >= 4 is 17.4 Å². The summed E-state index contributed by atoms with van der Waals surface area (Å²) in [6.07, 6.45) is 4.90. The van der Waals surface area contributed by atoms with E-state index in [0.717, 1.165) is 31.7 Å². The number of hydrogen-bond donors (Lipinski definition) is 0. The number of piperidine rings is 1. The number of carbonyl (C=O) groups is 1. The zero-order valence-corrected chi connectivity index (χ0v) is 10.6. The molecule has 0 bridgehead atoms. The summed E-state index contributed by atoms with van der Waals surface area (Å²) in [5.74, 6) is 0.614. The lowest BCUT2D eigenvalue weighted by Crippen LogP contribution is -2.37. The summed E-state index contributed by atoms with van der Waals surface area (Å²) in [5, 5.41) is 11.5. The van der Waals surface area contributed by atoms with Crippen LogP contribution in [0.1, 0.15) is 12.8 Å². The highest BCUT2D eigenvalue weighted by molar-refractivity contribution is 5.73.